The summed E-state index contributed by atoms with van der Waals surface area (Å²) in [4.78, 5) is 35.8. The molecule has 0 aliphatic carbocycles. The number of H-pyrrole nitrogens is 1. The minimum atomic E-state index is -0.489. The third-order valence-corrected chi connectivity index (χ3v) is 6.24. The normalized spacial score (nSPS) is 20.2. The van der Waals surface area contributed by atoms with Gasteiger partial charge in [-0.15, -0.1) is 0 Å². The Balaban J connectivity index is 1.64. The summed E-state index contributed by atoms with van der Waals surface area (Å²) in [6.07, 6.45) is 2.43. The van der Waals surface area contributed by atoms with Gasteiger partial charge in [0.1, 0.15) is 0 Å². The molecule has 8 nitrogen and oxygen atoms in total. The summed E-state index contributed by atoms with van der Waals surface area (Å²) in [5, 5.41) is 11.7. The molecule has 9 heteroatoms. The van der Waals surface area contributed by atoms with Crippen LogP contribution in [0.1, 0.15) is 19.1 Å². The van der Waals surface area contributed by atoms with Gasteiger partial charge in [-0.1, -0.05) is 0 Å². The van der Waals surface area contributed by atoms with Crippen LogP contribution in [0.2, 0.25) is 5.32 Å². The van der Waals surface area contributed by atoms with Crippen LogP contribution < -0.4 is 15.7 Å². The molecule has 3 rings (SSSR count). The molecule has 0 amide bonds. The molecule has 1 aliphatic heterocycles. The molecule has 2 aromatic rings. The SMILES string of the molecule is O=c1ccn([C@H]2CC[C@@H](C[Se]c3ccccc3[N+](=O)[O-])O2)c(=O)[nH]1. The average molecular weight is 396 g/mol. The van der Waals surface area contributed by atoms with Crippen LogP contribution in [0.5, 0.6) is 0 Å². The Morgan fingerprint density at radius 3 is 2.83 bits per heavy atom. The molecular formula is C15H15N3O5Se. The van der Waals surface area contributed by atoms with E-state index in [1.54, 1.807) is 18.2 Å². The van der Waals surface area contributed by atoms with E-state index in [1.165, 1.54) is 22.9 Å². The van der Waals surface area contributed by atoms with Crippen LogP contribution in [-0.4, -0.2) is 35.5 Å². The number of para-hydroxylation sites is 1. The van der Waals surface area contributed by atoms with Gasteiger partial charge < -0.3 is 0 Å². The topological polar surface area (TPSA) is 107 Å². The van der Waals surface area contributed by atoms with E-state index in [2.05, 4.69) is 4.98 Å². The fraction of sp³-hybridized carbons (Fsp3) is 0.333. The van der Waals surface area contributed by atoms with Gasteiger partial charge >= 0.3 is 142 Å². The minimum absolute atomic E-state index is 0.0476. The molecule has 1 aromatic heterocycles. The maximum atomic E-state index is 11.8. The molecule has 0 bridgehead atoms. The van der Waals surface area contributed by atoms with Crippen molar-refractivity contribution in [2.45, 2.75) is 30.5 Å². The van der Waals surface area contributed by atoms with Crippen LogP contribution >= 0.6 is 0 Å². The van der Waals surface area contributed by atoms with Crippen molar-refractivity contribution < 1.29 is 9.66 Å². The van der Waals surface area contributed by atoms with Crippen molar-refractivity contribution in [3.05, 3.63) is 67.5 Å². The first kappa shape index (κ1) is 16.6. The van der Waals surface area contributed by atoms with Crippen molar-refractivity contribution in [1.82, 2.24) is 9.55 Å². The average Bonchev–Trinajstić information content (AvgIpc) is 3.01. The Bertz CT molecular complexity index is 862. The molecule has 0 radical (unpaired) electrons. The second-order valence-corrected chi connectivity index (χ2v) is 7.57. The number of nitro groups is 1. The Labute approximate surface area is 142 Å². The number of nitrogens with one attached hydrogen (secondary N) is 1. The van der Waals surface area contributed by atoms with Gasteiger partial charge in [0.2, 0.25) is 0 Å². The fourth-order valence-corrected chi connectivity index (χ4v) is 4.84. The van der Waals surface area contributed by atoms with Crippen molar-refractivity contribution in [2.24, 2.45) is 0 Å². The molecule has 1 saturated heterocycles. The predicted octanol–water partition coefficient (Wildman–Crippen LogP) is 0.570. The molecule has 24 heavy (non-hydrogen) atoms. The van der Waals surface area contributed by atoms with E-state index in [0.717, 1.165) is 10.9 Å². The zero-order valence-corrected chi connectivity index (χ0v) is 14.3. The molecule has 0 saturated carbocycles. The van der Waals surface area contributed by atoms with Crippen LogP contribution in [0, 0.1) is 10.1 Å². The number of rotatable bonds is 5. The van der Waals surface area contributed by atoms with E-state index in [0.29, 0.717) is 11.7 Å². The number of nitro benzene ring substituents is 1. The van der Waals surface area contributed by atoms with E-state index in [-0.39, 0.29) is 31.7 Å². The van der Waals surface area contributed by atoms with Gasteiger partial charge in [-0.05, 0) is 0 Å². The van der Waals surface area contributed by atoms with Crippen LogP contribution in [0.15, 0.2) is 46.1 Å². The predicted molar refractivity (Wildman–Crippen MR) is 87.8 cm³/mol. The number of nitrogens with zero attached hydrogens (tertiary/aromatic N) is 2. The van der Waals surface area contributed by atoms with E-state index in [9.17, 15) is 19.7 Å². The molecule has 1 N–H and O–H groups in total. The summed E-state index contributed by atoms with van der Waals surface area (Å²) in [7, 11) is 0. The fourth-order valence-electron chi connectivity index (χ4n) is 2.58. The molecule has 2 heterocycles. The zero-order valence-electron chi connectivity index (χ0n) is 12.6. The van der Waals surface area contributed by atoms with Crippen molar-refractivity contribution in [3.63, 3.8) is 0 Å². The number of hydrogen-bond acceptors (Lipinski definition) is 5. The summed E-state index contributed by atoms with van der Waals surface area (Å²) < 4.78 is 7.99. The van der Waals surface area contributed by atoms with E-state index in [1.807, 2.05) is 0 Å². The first-order valence-electron chi connectivity index (χ1n) is 7.38. The Morgan fingerprint density at radius 2 is 2.08 bits per heavy atom. The Hall–Kier alpha value is -2.22. The van der Waals surface area contributed by atoms with Crippen LogP contribution in [0.3, 0.4) is 0 Å². The van der Waals surface area contributed by atoms with Crippen molar-refractivity contribution in [1.29, 1.82) is 0 Å². The van der Waals surface area contributed by atoms with Gasteiger partial charge in [0.25, 0.3) is 0 Å². The van der Waals surface area contributed by atoms with Gasteiger partial charge in [0.15, 0.2) is 0 Å². The monoisotopic (exact) mass is 397 g/mol. The van der Waals surface area contributed by atoms with Gasteiger partial charge in [0, 0.05) is 0 Å². The number of aromatic nitrogens is 2. The molecule has 1 fully saturated rings. The summed E-state index contributed by atoms with van der Waals surface area (Å²) in [6.45, 7) is 0. The number of aromatic amines is 1. The molecular weight excluding hydrogens is 381 g/mol. The van der Waals surface area contributed by atoms with Crippen molar-refractivity contribution in [3.8, 4) is 0 Å². The molecule has 0 spiro atoms. The molecule has 1 aromatic carbocycles. The van der Waals surface area contributed by atoms with E-state index < -0.39 is 17.5 Å². The quantitative estimate of drug-likeness (QED) is 0.452. The zero-order chi connectivity index (χ0) is 17.1. The second-order valence-electron chi connectivity index (χ2n) is 5.34. The van der Waals surface area contributed by atoms with Gasteiger partial charge in [-0.25, -0.2) is 0 Å². The summed E-state index contributed by atoms with van der Waals surface area (Å²) >= 11 is -0.0841. The second kappa shape index (κ2) is 7.12. The van der Waals surface area contributed by atoms with Gasteiger partial charge in [0.05, 0.1) is 0 Å². The first-order valence-corrected chi connectivity index (χ1v) is 9.44. The third-order valence-electron chi connectivity index (χ3n) is 3.73. The van der Waals surface area contributed by atoms with Crippen LogP contribution in [0.4, 0.5) is 5.69 Å². The Morgan fingerprint density at radius 1 is 1.29 bits per heavy atom. The number of benzene rings is 1. The van der Waals surface area contributed by atoms with Crippen molar-refractivity contribution >= 4 is 25.1 Å². The van der Waals surface area contributed by atoms with E-state index >= 15 is 0 Å². The first-order chi connectivity index (χ1) is 11.5. The van der Waals surface area contributed by atoms with Crippen LogP contribution in [-0.2, 0) is 4.74 Å². The summed E-state index contributed by atoms with van der Waals surface area (Å²) in [6, 6.07) is 8.02. The molecule has 0 unspecified atom stereocenters. The summed E-state index contributed by atoms with van der Waals surface area (Å²) in [5.74, 6) is 0. The maximum absolute atomic E-state index is 11.8. The summed E-state index contributed by atoms with van der Waals surface area (Å²) in [5.41, 5.74) is -0.785. The molecule has 2 atom stereocenters. The standard InChI is InChI=1S/C15H15N3O5Se/c19-13-7-8-17(15(20)16-13)14-6-5-10(23-14)9-24-12-4-2-1-3-11(12)18(21)22/h1-4,7-8,10,14H,5-6,9H2,(H,16,19,20)/t10-,14+/m0/s1. The number of hydrogen-bond donors (Lipinski definition) is 1. The Kier molecular flexibility index (Phi) is 4.94. The van der Waals surface area contributed by atoms with Crippen molar-refractivity contribution in [2.75, 3.05) is 0 Å². The van der Waals surface area contributed by atoms with Crippen LogP contribution in [0.25, 0.3) is 0 Å². The van der Waals surface area contributed by atoms with Gasteiger partial charge in [-0.2, -0.15) is 0 Å². The molecule has 1 aliphatic rings. The third kappa shape index (κ3) is 3.64. The van der Waals surface area contributed by atoms with E-state index in [4.69, 9.17) is 4.74 Å². The number of ether oxygens (including phenoxy) is 1. The molecule has 126 valence electrons. The van der Waals surface area contributed by atoms with Gasteiger partial charge in [-0.3, -0.25) is 0 Å².